The summed E-state index contributed by atoms with van der Waals surface area (Å²) in [4.78, 5) is 11.9. The maximum Gasteiger partial charge on any atom is 0.234 e. The summed E-state index contributed by atoms with van der Waals surface area (Å²) in [6, 6.07) is 7.87. The van der Waals surface area contributed by atoms with Gasteiger partial charge in [0.15, 0.2) is 0 Å². The number of carbonyl (C=O) groups excluding carboxylic acids is 1. The molecule has 0 aliphatic rings. The molecule has 0 aromatic heterocycles. The molecule has 5 heteroatoms. The molecule has 0 fully saturated rings. The lowest BCUT2D eigenvalue weighted by atomic mass is 10.2. The van der Waals surface area contributed by atoms with Gasteiger partial charge in [-0.1, -0.05) is 39.0 Å². The Labute approximate surface area is 126 Å². The second-order valence-electron chi connectivity index (χ2n) is 5.14. The van der Waals surface area contributed by atoms with Gasteiger partial charge in [-0.2, -0.15) is 0 Å². The number of nitrogens with one attached hydrogen (secondary N) is 2. The smallest absolute Gasteiger partial charge is 0.234 e. The second-order valence-corrected chi connectivity index (χ2v) is 6.94. The third-order valence-electron chi connectivity index (χ3n) is 2.29. The van der Waals surface area contributed by atoms with Gasteiger partial charge in [-0.3, -0.25) is 4.79 Å². The minimum absolute atomic E-state index is 0. The summed E-state index contributed by atoms with van der Waals surface area (Å²) >= 11 is 1.65. The molecule has 1 rings (SSSR count). The Morgan fingerprint density at radius 2 is 1.89 bits per heavy atom. The zero-order valence-corrected chi connectivity index (χ0v) is 13.6. The Morgan fingerprint density at radius 3 is 2.47 bits per heavy atom. The Hall–Kier alpha value is -0.710. The van der Waals surface area contributed by atoms with Gasteiger partial charge in [-0.25, -0.2) is 0 Å². The summed E-state index contributed by atoms with van der Waals surface area (Å²) in [5.74, 6) is 0.538. The Morgan fingerprint density at radius 1 is 1.26 bits per heavy atom. The topological polar surface area (TPSA) is 41.1 Å². The minimum Gasteiger partial charge on any atom is -0.325 e. The summed E-state index contributed by atoms with van der Waals surface area (Å²) in [6.45, 7) is 7.09. The van der Waals surface area contributed by atoms with E-state index in [0.29, 0.717) is 5.75 Å². The molecule has 1 amide bonds. The largest absolute Gasteiger partial charge is 0.325 e. The number of halogens is 1. The number of thioether (sulfide) groups is 1. The summed E-state index contributed by atoms with van der Waals surface area (Å²) in [5.41, 5.74) is 2.00. The number of anilines is 1. The molecule has 108 valence electrons. The molecule has 0 radical (unpaired) electrons. The van der Waals surface area contributed by atoms with Crippen LogP contribution in [-0.4, -0.2) is 23.5 Å². The van der Waals surface area contributed by atoms with Gasteiger partial charge in [0.2, 0.25) is 5.91 Å². The predicted octanol–water partition coefficient (Wildman–Crippen LogP) is 3.30. The quantitative estimate of drug-likeness (QED) is 0.877. The second kappa shape index (κ2) is 8.46. The normalized spacial score (nSPS) is 10.7. The number of rotatable bonds is 5. The Kier molecular flexibility index (Phi) is 8.14. The molecule has 0 bridgehead atoms. The van der Waals surface area contributed by atoms with Crippen LogP contribution in [0, 0.1) is 0 Å². The van der Waals surface area contributed by atoms with Gasteiger partial charge in [0.25, 0.3) is 0 Å². The van der Waals surface area contributed by atoms with E-state index >= 15 is 0 Å². The van der Waals surface area contributed by atoms with Crippen LogP contribution in [0.15, 0.2) is 24.3 Å². The van der Waals surface area contributed by atoms with E-state index in [1.807, 2.05) is 31.3 Å². The van der Waals surface area contributed by atoms with Crippen LogP contribution in [0.1, 0.15) is 26.3 Å². The summed E-state index contributed by atoms with van der Waals surface area (Å²) in [5, 5.41) is 6.07. The van der Waals surface area contributed by atoms with E-state index in [2.05, 4.69) is 31.4 Å². The molecule has 2 N–H and O–H groups in total. The molecule has 0 saturated heterocycles. The SMILES string of the molecule is CNCc1ccccc1NC(=O)CSC(C)(C)C.Cl. The average molecular weight is 303 g/mol. The Bertz CT molecular complexity index is 405. The fourth-order valence-electron chi connectivity index (χ4n) is 1.46. The minimum atomic E-state index is 0. The van der Waals surface area contributed by atoms with Crippen LogP contribution in [0.2, 0.25) is 0 Å². The van der Waals surface area contributed by atoms with E-state index < -0.39 is 0 Å². The van der Waals surface area contributed by atoms with Gasteiger partial charge in [0.1, 0.15) is 0 Å². The van der Waals surface area contributed by atoms with Crippen LogP contribution in [0.25, 0.3) is 0 Å². The van der Waals surface area contributed by atoms with Crippen molar-refractivity contribution in [1.29, 1.82) is 0 Å². The molecular weight excluding hydrogens is 280 g/mol. The molecule has 0 unspecified atom stereocenters. The summed E-state index contributed by atoms with van der Waals surface area (Å²) < 4.78 is 0.113. The van der Waals surface area contributed by atoms with Crippen LogP contribution in [0.5, 0.6) is 0 Å². The molecule has 0 atom stereocenters. The monoisotopic (exact) mass is 302 g/mol. The van der Waals surface area contributed by atoms with Crippen LogP contribution >= 0.6 is 24.2 Å². The molecule has 3 nitrogen and oxygen atoms in total. The molecule has 19 heavy (non-hydrogen) atoms. The molecule has 0 heterocycles. The van der Waals surface area contributed by atoms with Crippen molar-refractivity contribution in [3.63, 3.8) is 0 Å². The first-order valence-electron chi connectivity index (χ1n) is 6.08. The third kappa shape index (κ3) is 7.45. The lowest BCUT2D eigenvalue weighted by Crippen LogP contribution is -2.20. The van der Waals surface area contributed by atoms with Crippen molar-refractivity contribution in [2.45, 2.75) is 32.1 Å². The molecule has 0 aliphatic carbocycles. The highest BCUT2D eigenvalue weighted by atomic mass is 35.5. The number of para-hydroxylation sites is 1. The van der Waals surface area contributed by atoms with Gasteiger partial charge in [-0.05, 0) is 18.7 Å². The first-order chi connectivity index (χ1) is 8.42. The first-order valence-corrected chi connectivity index (χ1v) is 7.07. The van der Waals surface area contributed by atoms with Gasteiger partial charge >= 0.3 is 0 Å². The number of carbonyl (C=O) groups is 1. The van der Waals surface area contributed by atoms with Gasteiger partial charge < -0.3 is 10.6 Å². The van der Waals surface area contributed by atoms with Crippen molar-refractivity contribution in [3.05, 3.63) is 29.8 Å². The van der Waals surface area contributed by atoms with E-state index in [-0.39, 0.29) is 23.1 Å². The lowest BCUT2D eigenvalue weighted by molar-refractivity contribution is -0.113. The van der Waals surface area contributed by atoms with Gasteiger partial charge in [0.05, 0.1) is 5.75 Å². The van der Waals surface area contributed by atoms with Crippen molar-refractivity contribution < 1.29 is 4.79 Å². The number of hydrogen-bond donors (Lipinski definition) is 2. The van der Waals surface area contributed by atoms with Crippen molar-refractivity contribution in [1.82, 2.24) is 5.32 Å². The highest BCUT2D eigenvalue weighted by molar-refractivity contribution is 8.01. The molecule has 0 saturated carbocycles. The number of amides is 1. The van der Waals surface area contributed by atoms with E-state index in [0.717, 1.165) is 17.8 Å². The first kappa shape index (κ1) is 18.3. The van der Waals surface area contributed by atoms with Crippen molar-refractivity contribution in [2.75, 3.05) is 18.1 Å². The molecule has 0 spiro atoms. The molecule has 1 aromatic rings. The fraction of sp³-hybridized carbons (Fsp3) is 0.500. The molecule has 1 aromatic carbocycles. The molecule has 0 aliphatic heterocycles. The van der Waals surface area contributed by atoms with Gasteiger partial charge in [-0.15, -0.1) is 24.2 Å². The van der Waals surface area contributed by atoms with Crippen LogP contribution in [0.4, 0.5) is 5.69 Å². The van der Waals surface area contributed by atoms with Crippen LogP contribution < -0.4 is 10.6 Å². The lowest BCUT2D eigenvalue weighted by Gasteiger charge is -2.17. The number of benzene rings is 1. The van der Waals surface area contributed by atoms with Crippen molar-refractivity contribution >= 4 is 35.8 Å². The maximum absolute atomic E-state index is 11.9. The van der Waals surface area contributed by atoms with E-state index in [9.17, 15) is 4.79 Å². The summed E-state index contributed by atoms with van der Waals surface area (Å²) in [7, 11) is 1.90. The average Bonchev–Trinajstić information content (AvgIpc) is 2.29. The predicted molar refractivity (Wildman–Crippen MR) is 87.3 cm³/mol. The zero-order chi connectivity index (χ0) is 13.6. The molecular formula is C14H23ClN2OS. The fourth-order valence-corrected chi connectivity index (χ4v) is 2.09. The zero-order valence-electron chi connectivity index (χ0n) is 11.9. The van der Waals surface area contributed by atoms with Gasteiger partial charge in [0, 0.05) is 17.0 Å². The summed E-state index contributed by atoms with van der Waals surface area (Å²) in [6.07, 6.45) is 0. The van der Waals surface area contributed by atoms with Crippen LogP contribution in [-0.2, 0) is 11.3 Å². The van der Waals surface area contributed by atoms with E-state index in [1.54, 1.807) is 11.8 Å². The highest BCUT2D eigenvalue weighted by Gasteiger charge is 2.14. The Balaban J connectivity index is 0.00000324. The highest BCUT2D eigenvalue weighted by Crippen LogP contribution is 2.23. The number of hydrogen-bond acceptors (Lipinski definition) is 3. The van der Waals surface area contributed by atoms with E-state index in [4.69, 9.17) is 0 Å². The van der Waals surface area contributed by atoms with E-state index in [1.165, 1.54) is 0 Å². The standard InChI is InChI=1S/C14H22N2OS.ClH/c1-14(2,3)18-10-13(17)16-12-8-6-5-7-11(12)9-15-4;/h5-8,15H,9-10H2,1-4H3,(H,16,17);1H. The van der Waals surface area contributed by atoms with Crippen molar-refractivity contribution in [3.8, 4) is 0 Å². The van der Waals surface area contributed by atoms with Crippen LogP contribution in [0.3, 0.4) is 0 Å². The van der Waals surface area contributed by atoms with Crippen molar-refractivity contribution in [2.24, 2.45) is 0 Å². The maximum atomic E-state index is 11.9. The third-order valence-corrected chi connectivity index (χ3v) is 3.57.